The topological polar surface area (TPSA) is 41.6 Å². The number of methoxy groups -OCH3 is 1. The lowest BCUT2D eigenvalue weighted by atomic mass is 10.1. The fraction of sp³-hybridized carbons (Fsp3) is 0.462. The van der Waals surface area contributed by atoms with E-state index in [1.165, 1.54) is 0 Å². The van der Waals surface area contributed by atoms with Gasteiger partial charge < -0.3 is 15.0 Å². The van der Waals surface area contributed by atoms with E-state index in [2.05, 4.69) is 21.2 Å². The average molecular weight is 313 g/mol. The number of likely N-dealkylation sites (N-methyl/N-ethyl adjacent to an activating group) is 1. The second-order valence-electron chi connectivity index (χ2n) is 4.41. The Kier molecular flexibility index (Phi) is 4.24. The number of hydrogen-bond donors (Lipinski definition) is 1. The molecule has 0 bridgehead atoms. The number of amides is 1. The summed E-state index contributed by atoms with van der Waals surface area (Å²) < 4.78 is 5.96. The molecule has 1 N–H and O–H groups in total. The first-order chi connectivity index (χ1) is 8.63. The highest BCUT2D eigenvalue weighted by atomic mass is 79.9. The van der Waals surface area contributed by atoms with Gasteiger partial charge in [-0.3, -0.25) is 4.79 Å². The van der Waals surface area contributed by atoms with Gasteiger partial charge in [-0.25, -0.2) is 0 Å². The Morgan fingerprint density at radius 2 is 2.33 bits per heavy atom. The molecule has 0 aliphatic carbocycles. The third-order valence-electron chi connectivity index (χ3n) is 3.31. The van der Waals surface area contributed by atoms with Gasteiger partial charge in [0.25, 0.3) is 5.91 Å². The first-order valence-electron chi connectivity index (χ1n) is 5.95. The number of halogens is 1. The number of nitrogens with zero attached hydrogens (tertiary/aromatic N) is 1. The molecule has 0 aromatic heterocycles. The molecule has 2 rings (SSSR count). The van der Waals surface area contributed by atoms with Crippen LogP contribution in [0.1, 0.15) is 16.8 Å². The SMILES string of the molecule is COc1ccc(Br)c(C(=O)N(C)[C@H]2CCNC2)c1. The van der Waals surface area contributed by atoms with E-state index in [-0.39, 0.29) is 11.9 Å². The van der Waals surface area contributed by atoms with Gasteiger partial charge in [0, 0.05) is 24.1 Å². The molecule has 1 aliphatic heterocycles. The molecule has 98 valence electrons. The summed E-state index contributed by atoms with van der Waals surface area (Å²) in [6.07, 6.45) is 1.00. The molecule has 1 fully saturated rings. The molecule has 0 unspecified atom stereocenters. The maximum absolute atomic E-state index is 12.4. The standard InChI is InChI=1S/C13H17BrN2O2/c1-16(9-5-6-15-8-9)13(17)11-7-10(18-2)3-4-12(11)14/h3-4,7,9,15H,5-6,8H2,1-2H3/t9-/m0/s1. The maximum Gasteiger partial charge on any atom is 0.255 e. The lowest BCUT2D eigenvalue weighted by molar-refractivity contribution is 0.0742. The molecular weight excluding hydrogens is 296 g/mol. The van der Waals surface area contributed by atoms with Gasteiger partial charge in [-0.2, -0.15) is 0 Å². The third kappa shape index (κ3) is 2.67. The van der Waals surface area contributed by atoms with Crippen molar-refractivity contribution >= 4 is 21.8 Å². The van der Waals surface area contributed by atoms with Crippen molar-refractivity contribution in [1.29, 1.82) is 0 Å². The lowest BCUT2D eigenvalue weighted by Gasteiger charge is -2.24. The third-order valence-corrected chi connectivity index (χ3v) is 4.00. The molecule has 4 nitrogen and oxygen atoms in total. The fourth-order valence-electron chi connectivity index (χ4n) is 2.12. The Balaban J connectivity index is 2.21. The van der Waals surface area contributed by atoms with Gasteiger partial charge in [0.1, 0.15) is 5.75 Å². The molecule has 0 saturated carbocycles. The Bertz CT molecular complexity index is 445. The second-order valence-corrected chi connectivity index (χ2v) is 5.26. The lowest BCUT2D eigenvalue weighted by Crippen LogP contribution is -2.38. The van der Waals surface area contributed by atoms with E-state index in [1.807, 2.05) is 19.2 Å². The van der Waals surface area contributed by atoms with Gasteiger partial charge in [-0.15, -0.1) is 0 Å². The average Bonchev–Trinajstić information content (AvgIpc) is 2.91. The molecule has 18 heavy (non-hydrogen) atoms. The summed E-state index contributed by atoms with van der Waals surface area (Å²) in [5.74, 6) is 0.717. The van der Waals surface area contributed by atoms with Crippen LogP contribution in [0.5, 0.6) is 5.75 Å². The van der Waals surface area contributed by atoms with Crippen molar-refractivity contribution in [3.63, 3.8) is 0 Å². The number of nitrogens with one attached hydrogen (secondary N) is 1. The van der Waals surface area contributed by atoms with Gasteiger partial charge in [-0.05, 0) is 47.1 Å². The molecule has 1 saturated heterocycles. The molecule has 1 aromatic carbocycles. The van der Waals surface area contributed by atoms with Gasteiger partial charge in [0.2, 0.25) is 0 Å². The van der Waals surface area contributed by atoms with E-state index in [0.29, 0.717) is 11.3 Å². The largest absolute Gasteiger partial charge is 0.497 e. The smallest absolute Gasteiger partial charge is 0.255 e. The molecule has 1 heterocycles. The van der Waals surface area contributed by atoms with Gasteiger partial charge in [-0.1, -0.05) is 0 Å². The summed E-state index contributed by atoms with van der Waals surface area (Å²) in [6, 6.07) is 5.71. The number of hydrogen-bond acceptors (Lipinski definition) is 3. The zero-order valence-corrected chi connectivity index (χ0v) is 12.2. The highest BCUT2D eigenvalue weighted by Crippen LogP contribution is 2.24. The minimum Gasteiger partial charge on any atom is -0.497 e. The number of rotatable bonds is 3. The van der Waals surface area contributed by atoms with Crippen molar-refractivity contribution < 1.29 is 9.53 Å². The van der Waals surface area contributed by atoms with Crippen LogP contribution >= 0.6 is 15.9 Å². The molecule has 1 atom stereocenters. The van der Waals surface area contributed by atoms with Crippen molar-refractivity contribution in [3.05, 3.63) is 28.2 Å². The zero-order valence-electron chi connectivity index (χ0n) is 10.6. The monoisotopic (exact) mass is 312 g/mol. The normalized spacial score (nSPS) is 18.7. The number of ether oxygens (including phenoxy) is 1. The molecule has 1 amide bonds. The van der Waals surface area contributed by atoms with Crippen molar-refractivity contribution in [3.8, 4) is 5.75 Å². The van der Waals surface area contributed by atoms with E-state index in [1.54, 1.807) is 18.1 Å². The Hall–Kier alpha value is -1.07. The predicted octanol–water partition coefficient (Wildman–Crippen LogP) is 1.89. The number of carbonyl (C=O) groups is 1. The molecule has 5 heteroatoms. The summed E-state index contributed by atoms with van der Waals surface area (Å²) in [7, 11) is 3.45. The fourth-order valence-corrected chi connectivity index (χ4v) is 2.54. The summed E-state index contributed by atoms with van der Waals surface area (Å²) >= 11 is 3.42. The van der Waals surface area contributed by atoms with Crippen LogP contribution in [-0.4, -0.2) is 44.1 Å². The van der Waals surface area contributed by atoms with Gasteiger partial charge in [0.15, 0.2) is 0 Å². The maximum atomic E-state index is 12.4. The number of carbonyl (C=O) groups excluding carboxylic acids is 1. The van der Waals surface area contributed by atoms with Gasteiger partial charge >= 0.3 is 0 Å². The molecular formula is C13H17BrN2O2. The Labute approximate surface area is 115 Å². The zero-order chi connectivity index (χ0) is 13.1. The molecule has 1 aromatic rings. The second kappa shape index (κ2) is 5.71. The van der Waals surface area contributed by atoms with E-state index in [0.717, 1.165) is 24.0 Å². The van der Waals surface area contributed by atoms with Crippen LogP contribution in [-0.2, 0) is 0 Å². The summed E-state index contributed by atoms with van der Waals surface area (Å²) in [5.41, 5.74) is 0.642. The van der Waals surface area contributed by atoms with Crippen LogP contribution in [0.3, 0.4) is 0 Å². The molecule has 1 aliphatic rings. The van der Waals surface area contributed by atoms with Crippen molar-refractivity contribution in [2.45, 2.75) is 12.5 Å². The summed E-state index contributed by atoms with van der Waals surface area (Å²) in [5, 5.41) is 3.27. The van der Waals surface area contributed by atoms with Crippen LogP contribution < -0.4 is 10.1 Å². The van der Waals surface area contributed by atoms with Crippen LogP contribution in [0.15, 0.2) is 22.7 Å². The van der Waals surface area contributed by atoms with E-state index in [4.69, 9.17) is 4.74 Å². The first kappa shape index (κ1) is 13.4. The van der Waals surface area contributed by atoms with Crippen molar-refractivity contribution in [1.82, 2.24) is 10.2 Å². The first-order valence-corrected chi connectivity index (χ1v) is 6.74. The van der Waals surface area contributed by atoms with E-state index in [9.17, 15) is 4.79 Å². The van der Waals surface area contributed by atoms with E-state index < -0.39 is 0 Å². The summed E-state index contributed by atoms with van der Waals surface area (Å²) in [6.45, 7) is 1.84. The minimum absolute atomic E-state index is 0.0227. The van der Waals surface area contributed by atoms with Gasteiger partial charge in [0.05, 0.1) is 12.7 Å². The van der Waals surface area contributed by atoms with Crippen LogP contribution in [0.4, 0.5) is 0 Å². The van der Waals surface area contributed by atoms with E-state index >= 15 is 0 Å². The number of benzene rings is 1. The Morgan fingerprint density at radius 1 is 1.56 bits per heavy atom. The molecule has 0 radical (unpaired) electrons. The van der Waals surface area contributed by atoms with Crippen molar-refractivity contribution in [2.24, 2.45) is 0 Å². The predicted molar refractivity (Wildman–Crippen MR) is 74.1 cm³/mol. The van der Waals surface area contributed by atoms with Crippen LogP contribution in [0, 0.1) is 0 Å². The quantitative estimate of drug-likeness (QED) is 0.926. The van der Waals surface area contributed by atoms with Crippen molar-refractivity contribution in [2.75, 3.05) is 27.2 Å². The minimum atomic E-state index is 0.0227. The highest BCUT2D eigenvalue weighted by Gasteiger charge is 2.25. The Morgan fingerprint density at radius 3 is 2.94 bits per heavy atom. The van der Waals surface area contributed by atoms with Crippen LogP contribution in [0.25, 0.3) is 0 Å². The molecule has 0 spiro atoms. The van der Waals surface area contributed by atoms with Crippen LogP contribution in [0.2, 0.25) is 0 Å². The summed E-state index contributed by atoms with van der Waals surface area (Å²) in [4.78, 5) is 14.2. The highest BCUT2D eigenvalue weighted by molar-refractivity contribution is 9.10.